The second-order valence-corrected chi connectivity index (χ2v) is 6.01. The number of nitrogens with two attached hydrogens (primary N) is 1. The fourth-order valence-corrected chi connectivity index (χ4v) is 3.29. The Morgan fingerprint density at radius 3 is 2.95 bits per heavy atom. The van der Waals surface area contributed by atoms with Crippen molar-refractivity contribution in [3.63, 3.8) is 0 Å². The summed E-state index contributed by atoms with van der Waals surface area (Å²) in [6.07, 6.45) is 1.86. The number of halogens is 1. The molecule has 0 aliphatic carbocycles. The number of imidazole rings is 1. The summed E-state index contributed by atoms with van der Waals surface area (Å²) >= 11 is 5.14. The molecule has 0 bridgehead atoms. The van der Waals surface area contributed by atoms with Gasteiger partial charge in [-0.05, 0) is 33.6 Å². The zero-order chi connectivity index (χ0) is 13.2. The molecule has 0 saturated heterocycles. The minimum atomic E-state index is 0.541. The van der Waals surface area contributed by atoms with E-state index in [9.17, 15) is 0 Å². The summed E-state index contributed by atoms with van der Waals surface area (Å²) in [6, 6.07) is 10.2. The summed E-state index contributed by atoms with van der Waals surface area (Å²) < 4.78 is 1.09. The fourth-order valence-electron chi connectivity index (χ4n) is 1.89. The molecule has 0 atom stereocenters. The Hall–Kier alpha value is -1.43. The Morgan fingerprint density at radius 1 is 1.32 bits per heavy atom. The van der Waals surface area contributed by atoms with Crippen LogP contribution in [0.1, 0.15) is 5.56 Å². The van der Waals surface area contributed by atoms with Crippen molar-refractivity contribution in [2.75, 3.05) is 0 Å². The van der Waals surface area contributed by atoms with Gasteiger partial charge in [-0.25, -0.2) is 4.98 Å². The predicted molar refractivity (Wildman–Crippen MR) is 82.9 cm³/mol. The Balaban J connectivity index is 1.96. The molecule has 3 N–H and O–H groups in total. The smallest absolute Gasteiger partial charge is 0.137 e. The molecule has 0 aliphatic heterocycles. The number of hydrogen-bond donors (Lipinski definition) is 2. The normalized spacial score (nSPS) is 10.8. The quantitative estimate of drug-likeness (QED) is 0.760. The molecule has 0 amide bonds. The van der Waals surface area contributed by atoms with E-state index in [2.05, 4.69) is 43.4 Å². The van der Waals surface area contributed by atoms with Crippen LogP contribution in [0.15, 0.2) is 46.4 Å². The van der Waals surface area contributed by atoms with E-state index in [0.717, 1.165) is 27.1 Å². The lowest BCUT2D eigenvalue weighted by Crippen LogP contribution is -1.96. The molecule has 0 aliphatic rings. The van der Waals surface area contributed by atoms with Gasteiger partial charge in [-0.15, -0.1) is 11.3 Å². The van der Waals surface area contributed by atoms with Gasteiger partial charge < -0.3 is 10.7 Å². The first-order chi connectivity index (χ1) is 9.26. The summed E-state index contributed by atoms with van der Waals surface area (Å²) in [5, 5.41) is 2.06. The molecule has 2 aromatic heterocycles. The topological polar surface area (TPSA) is 54.7 Å². The Morgan fingerprint density at radius 2 is 2.21 bits per heavy atom. The van der Waals surface area contributed by atoms with Gasteiger partial charge in [0.1, 0.15) is 5.82 Å². The third-order valence-electron chi connectivity index (χ3n) is 2.84. The summed E-state index contributed by atoms with van der Waals surface area (Å²) in [5.74, 6) is 0.870. The first-order valence-corrected chi connectivity index (χ1v) is 7.52. The van der Waals surface area contributed by atoms with Gasteiger partial charge in [0, 0.05) is 22.0 Å². The molecule has 96 valence electrons. The van der Waals surface area contributed by atoms with E-state index in [1.807, 2.05) is 24.4 Å². The highest BCUT2D eigenvalue weighted by Crippen LogP contribution is 2.30. The zero-order valence-corrected chi connectivity index (χ0v) is 12.5. The third-order valence-corrected chi connectivity index (χ3v) is 4.57. The number of aromatic nitrogens is 2. The van der Waals surface area contributed by atoms with Crippen molar-refractivity contribution in [3.05, 3.63) is 51.9 Å². The highest BCUT2D eigenvalue weighted by atomic mass is 79.9. The molecular formula is C14H12BrN3S. The van der Waals surface area contributed by atoms with Gasteiger partial charge in [0.2, 0.25) is 0 Å². The van der Waals surface area contributed by atoms with Crippen LogP contribution in [0.4, 0.5) is 0 Å². The molecular weight excluding hydrogens is 322 g/mol. The van der Waals surface area contributed by atoms with Gasteiger partial charge in [-0.3, -0.25) is 0 Å². The molecule has 3 nitrogen and oxygen atoms in total. The minimum Gasteiger partial charge on any atom is -0.337 e. The highest BCUT2D eigenvalue weighted by Gasteiger charge is 2.07. The molecule has 3 rings (SSSR count). The number of rotatable bonds is 3. The highest BCUT2D eigenvalue weighted by molar-refractivity contribution is 9.10. The lowest BCUT2D eigenvalue weighted by atomic mass is 10.1. The molecule has 0 fully saturated rings. The second kappa shape index (κ2) is 5.28. The van der Waals surface area contributed by atoms with E-state index >= 15 is 0 Å². The van der Waals surface area contributed by atoms with Gasteiger partial charge in [0.25, 0.3) is 0 Å². The van der Waals surface area contributed by atoms with Crippen molar-refractivity contribution in [2.24, 2.45) is 5.73 Å². The number of nitrogens with zero attached hydrogens (tertiary/aromatic N) is 1. The molecule has 19 heavy (non-hydrogen) atoms. The first-order valence-electron chi connectivity index (χ1n) is 5.85. The molecule has 0 saturated carbocycles. The van der Waals surface area contributed by atoms with Gasteiger partial charge in [0.05, 0.1) is 16.8 Å². The Labute approximate surface area is 123 Å². The average Bonchev–Trinajstić information content (AvgIpc) is 3.07. The molecule has 1 aromatic carbocycles. The molecule has 0 radical (unpaired) electrons. The zero-order valence-electron chi connectivity index (χ0n) is 10.1. The molecule has 3 aromatic rings. The molecule has 2 heterocycles. The number of thiophene rings is 1. The van der Waals surface area contributed by atoms with Crippen LogP contribution in [0.25, 0.3) is 22.0 Å². The van der Waals surface area contributed by atoms with Gasteiger partial charge >= 0.3 is 0 Å². The van der Waals surface area contributed by atoms with E-state index in [1.54, 1.807) is 11.3 Å². The lowest BCUT2D eigenvalue weighted by molar-refractivity contribution is 1.07. The van der Waals surface area contributed by atoms with Crippen molar-refractivity contribution in [3.8, 4) is 22.0 Å². The van der Waals surface area contributed by atoms with E-state index < -0.39 is 0 Å². The largest absolute Gasteiger partial charge is 0.337 e. The van der Waals surface area contributed by atoms with Crippen molar-refractivity contribution in [2.45, 2.75) is 6.54 Å². The lowest BCUT2D eigenvalue weighted by Gasteiger charge is -2.00. The van der Waals surface area contributed by atoms with E-state index in [0.29, 0.717) is 6.54 Å². The standard InChI is InChI=1S/C14H12BrN3S/c15-11-5-13(19-8-11)12-7-17-14(18-12)10-3-1-2-9(4-10)6-16/h1-5,7-8H,6,16H2,(H,17,18). The predicted octanol–water partition coefficient (Wildman–Crippen LogP) is 4.03. The number of benzene rings is 1. The van der Waals surface area contributed by atoms with E-state index in [-0.39, 0.29) is 0 Å². The number of aromatic amines is 1. The molecule has 5 heteroatoms. The van der Waals surface area contributed by atoms with E-state index in [1.165, 1.54) is 4.88 Å². The van der Waals surface area contributed by atoms with Crippen molar-refractivity contribution in [1.29, 1.82) is 0 Å². The van der Waals surface area contributed by atoms with Crippen LogP contribution in [0, 0.1) is 0 Å². The monoisotopic (exact) mass is 333 g/mol. The van der Waals surface area contributed by atoms with Crippen molar-refractivity contribution < 1.29 is 0 Å². The number of H-pyrrole nitrogens is 1. The van der Waals surface area contributed by atoms with Crippen LogP contribution in [-0.2, 0) is 6.54 Å². The Bertz CT molecular complexity index is 702. The van der Waals surface area contributed by atoms with Crippen LogP contribution in [0.3, 0.4) is 0 Å². The fraction of sp³-hybridized carbons (Fsp3) is 0.0714. The van der Waals surface area contributed by atoms with Crippen LogP contribution in [-0.4, -0.2) is 9.97 Å². The number of hydrogen-bond acceptors (Lipinski definition) is 3. The van der Waals surface area contributed by atoms with Gasteiger partial charge in [-0.2, -0.15) is 0 Å². The summed E-state index contributed by atoms with van der Waals surface area (Å²) in [6.45, 7) is 0.541. The van der Waals surface area contributed by atoms with Crippen LogP contribution in [0.5, 0.6) is 0 Å². The third kappa shape index (κ3) is 2.63. The van der Waals surface area contributed by atoms with Gasteiger partial charge in [-0.1, -0.05) is 18.2 Å². The van der Waals surface area contributed by atoms with Crippen molar-refractivity contribution in [1.82, 2.24) is 9.97 Å². The summed E-state index contributed by atoms with van der Waals surface area (Å²) in [7, 11) is 0. The SMILES string of the molecule is NCc1cccc(-c2ncc(-c3cc(Br)cs3)[nH]2)c1. The van der Waals surface area contributed by atoms with Crippen LogP contribution >= 0.6 is 27.3 Å². The average molecular weight is 334 g/mol. The van der Waals surface area contributed by atoms with Gasteiger partial charge in [0.15, 0.2) is 0 Å². The second-order valence-electron chi connectivity index (χ2n) is 4.18. The van der Waals surface area contributed by atoms with E-state index in [4.69, 9.17) is 5.73 Å². The first kappa shape index (κ1) is 12.6. The summed E-state index contributed by atoms with van der Waals surface area (Å²) in [4.78, 5) is 8.96. The maximum atomic E-state index is 5.66. The summed E-state index contributed by atoms with van der Waals surface area (Å²) in [5.41, 5.74) is 8.86. The molecule has 0 unspecified atom stereocenters. The molecule has 0 spiro atoms. The van der Waals surface area contributed by atoms with Crippen LogP contribution in [0.2, 0.25) is 0 Å². The minimum absolute atomic E-state index is 0.541. The van der Waals surface area contributed by atoms with Crippen molar-refractivity contribution >= 4 is 27.3 Å². The maximum Gasteiger partial charge on any atom is 0.137 e. The maximum absolute atomic E-state index is 5.66. The number of nitrogens with one attached hydrogen (secondary N) is 1. The van der Waals surface area contributed by atoms with Crippen LogP contribution < -0.4 is 5.73 Å². The Kier molecular flexibility index (Phi) is 3.50.